The average molecular weight is 387 g/mol. The number of nitrogens with zero attached hydrogens (tertiary/aromatic N) is 4. The zero-order valence-electron chi connectivity index (χ0n) is 14.8. The first-order valence-corrected chi connectivity index (χ1v) is 8.26. The molecular formula is C19H16F3N5O. The fourth-order valence-electron chi connectivity index (χ4n) is 2.43. The van der Waals surface area contributed by atoms with Gasteiger partial charge in [-0.25, -0.2) is 9.97 Å². The van der Waals surface area contributed by atoms with E-state index >= 15 is 0 Å². The Bertz CT molecular complexity index is 946. The average Bonchev–Trinajstić information content (AvgIpc) is 2.72. The summed E-state index contributed by atoms with van der Waals surface area (Å²) in [4.78, 5) is 25.1. The fourth-order valence-corrected chi connectivity index (χ4v) is 2.43. The summed E-state index contributed by atoms with van der Waals surface area (Å²) in [5, 5.41) is 2.76. The quantitative estimate of drug-likeness (QED) is 0.722. The van der Waals surface area contributed by atoms with Crippen LogP contribution >= 0.6 is 0 Å². The van der Waals surface area contributed by atoms with Gasteiger partial charge in [0, 0.05) is 43.4 Å². The molecule has 0 saturated heterocycles. The maximum Gasteiger partial charge on any atom is 0.433 e. The first kappa shape index (κ1) is 19.3. The van der Waals surface area contributed by atoms with Crippen LogP contribution in [0.5, 0.6) is 0 Å². The number of alkyl halides is 3. The van der Waals surface area contributed by atoms with Crippen LogP contribution in [0.25, 0.3) is 0 Å². The Kier molecular flexibility index (Phi) is 5.53. The van der Waals surface area contributed by atoms with Crippen LogP contribution in [0.4, 0.5) is 24.8 Å². The third-order valence-corrected chi connectivity index (χ3v) is 3.95. The summed E-state index contributed by atoms with van der Waals surface area (Å²) in [6, 6.07) is 11.1. The molecular weight excluding hydrogens is 371 g/mol. The van der Waals surface area contributed by atoms with Crippen LogP contribution in [-0.2, 0) is 12.7 Å². The maximum atomic E-state index is 12.7. The van der Waals surface area contributed by atoms with Gasteiger partial charge >= 0.3 is 6.18 Å². The molecule has 1 amide bonds. The van der Waals surface area contributed by atoms with Crippen LogP contribution in [-0.4, -0.2) is 27.9 Å². The molecule has 0 bridgehead atoms. The Balaban J connectivity index is 1.64. The molecule has 0 saturated carbocycles. The van der Waals surface area contributed by atoms with E-state index in [2.05, 4.69) is 20.3 Å². The van der Waals surface area contributed by atoms with Crippen molar-refractivity contribution in [2.75, 3.05) is 17.3 Å². The van der Waals surface area contributed by atoms with E-state index in [9.17, 15) is 18.0 Å². The summed E-state index contributed by atoms with van der Waals surface area (Å²) >= 11 is 0. The van der Waals surface area contributed by atoms with E-state index < -0.39 is 11.9 Å². The van der Waals surface area contributed by atoms with E-state index in [1.54, 1.807) is 55.8 Å². The summed E-state index contributed by atoms with van der Waals surface area (Å²) in [5.41, 5.74) is 0.997. The normalized spacial score (nSPS) is 11.1. The lowest BCUT2D eigenvalue weighted by Gasteiger charge is -2.18. The van der Waals surface area contributed by atoms with Gasteiger partial charge in [-0.05, 0) is 35.9 Å². The van der Waals surface area contributed by atoms with E-state index in [-0.39, 0.29) is 18.4 Å². The molecule has 6 nitrogen and oxygen atoms in total. The fraction of sp³-hybridized carbons (Fsp3) is 0.158. The van der Waals surface area contributed by atoms with E-state index in [4.69, 9.17) is 0 Å². The summed E-state index contributed by atoms with van der Waals surface area (Å²) in [7, 11) is 1.66. The van der Waals surface area contributed by atoms with Gasteiger partial charge in [0.15, 0.2) is 0 Å². The Hall–Kier alpha value is -3.49. The molecule has 3 rings (SSSR count). The molecule has 0 spiro atoms. The van der Waals surface area contributed by atoms with Crippen molar-refractivity contribution in [1.82, 2.24) is 15.0 Å². The van der Waals surface area contributed by atoms with Crippen LogP contribution in [0.1, 0.15) is 21.6 Å². The molecule has 0 atom stereocenters. The van der Waals surface area contributed by atoms with Gasteiger partial charge < -0.3 is 10.2 Å². The molecule has 2 aromatic heterocycles. The lowest BCUT2D eigenvalue weighted by molar-refractivity contribution is -0.141. The SMILES string of the molecule is CN(C(=O)c1ccncc1)c1ccc(CNc2nccc(C(F)(F)F)n2)cc1. The van der Waals surface area contributed by atoms with E-state index in [1.165, 1.54) is 4.90 Å². The van der Waals surface area contributed by atoms with E-state index in [1.807, 2.05) is 0 Å². The number of hydrogen-bond acceptors (Lipinski definition) is 5. The number of rotatable bonds is 5. The summed E-state index contributed by atoms with van der Waals surface area (Å²) < 4.78 is 38.1. The number of nitrogens with one attached hydrogen (secondary N) is 1. The second-order valence-corrected chi connectivity index (χ2v) is 5.88. The van der Waals surface area contributed by atoms with Crippen molar-refractivity contribution >= 4 is 17.5 Å². The highest BCUT2D eigenvalue weighted by molar-refractivity contribution is 6.05. The minimum atomic E-state index is -4.52. The third-order valence-electron chi connectivity index (χ3n) is 3.95. The maximum absolute atomic E-state index is 12.7. The molecule has 2 heterocycles. The van der Waals surface area contributed by atoms with Crippen LogP contribution < -0.4 is 10.2 Å². The summed E-state index contributed by atoms with van der Waals surface area (Å²) in [6.45, 7) is 0.240. The molecule has 9 heteroatoms. The molecule has 144 valence electrons. The van der Waals surface area contributed by atoms with Crippen molar-refractivity contribution in [2.45, 2.75) is 12.7 Å². The zero-order chi connectivity index (χ0) is 20.1. The van der Waals surface area contributed by atoms with Gasteiger partial charge in [-0.1, -0.05) is 12.1 Å². The second-order valence-electron chi connectivity index (χ2n) is 5.88. The predicted molar refractivity (Wildman–Crippen MR) is 97.8 cm³/mol. The summed E-state index contributed by atoms with van der Waals surface area (Å²) in [5.74, 6) is -0.283. The van der Waals surface area contributed by atoms with Gasteiger partial charge in [0.05, 0.1) is 0 Å². The number of benzene rings is 1. The number of hydrogen-bond donors (Lipinski definition) is 1. The van der Waals surface area contributed by atoms with Gasteiger partial charge in [0.1, 0.15) is 5.69 Å². The van der Waals surface area contributed by atoms with E-state index in [0.29, 0.717) is 11.3 Å². The van der Waals surface area contributed by atoms with Crippen molar-refractivity contribution < 1.29 is 18.0 Å². The molecule has 1 N–H and O–H groups in total. The number of anilines is 2. The zero-order valence-corrected chi connectivity index (χ0v) is 14.8. The largest absolute Gasteiger partial charge is 0.433 e. The van der Waals surface area contributed by atoms with Crippen molar-refractivity contribution in [3.8, 4) is 0 Å². The molecule has 0 aliphatic carbocycles. The minimum Gasteiger partial charge on any atom is -0.350 e. The van der Waals surface area contributed by atoms with Crippen molar-refractivity contribution in [1.29, 1.82) is 0 Å². The Morgan fingerprint density at radius 1 is 1.04 bits per heavy atom. The number of aromatic nitrogens is 3. The molecule has 1 aromatic carbocycles. The molecule has 0 radical (unpaired) electrons. The van der Waals surface area contributed by atoms with E-state index in [0.717, 1.165) is 17.8 Å². The molecule has 3 aromatic rings. The topological polar surface area (TPSA) is 71.0 Å². The first-order valence-electron chi connectivity index (χ1n) is 8.26. The number of carbonyl (C=O) groups is 1. The van der Waals surface area contributed by atoms with Crippen LogP contribution in [0.3, 0.4) is 0 Å². The van der Waals surface area contributed by atoms with Gasteiger partial charge in [-0.15, -0.1) is 0 Å². The lowest BCUT2D eigenvalue weighted by atomic mass is 10.1. The van der Waals surface area contributed by atoms with Crippen molar-refractivity contribution in [3.63, 3.8) is 0 Å². The number of halogens is 3. The highest BCUT2D eigenvalue weighted by Gasteiger charge is 2.32. The van der Waals surface area contributed by atoms with Gasteiger partial charge in [0.25, 0.3) is 5.91 Å². The first-order chi connectivity index (χ1) is 13.3. The standard InChI is InChI=1S/C19H16F3N5O/c1-27(17(28)14-6-9-23-10-7-14)15-4-2-13(3-5-15)12-25-18-24-11-8-16(26-18)19(20,21)22/h2-11H,12H2,1H3,(H,24,25,26). The molecule has 0 unspecified atom stereocenters. The molecule has 0 aliphatic rings. The highest BCUT2D eigenvalue weighted by Crippen LogP contribution is 2.27. The highest BCUT2D eigenvalue weighted by atomic mass is 19.4. The van der Waals surface area contributed by atoms with Gasteiger partial charge in [-0.2, -0.15) is 13.2 Å². The van der Waals surface area contributed by atoms with Gasteiger partial charge in [0.2, 0.25) is 5.95 Å². The smallest absolute Gasteiger partial charge is 0.350 e. The van der Waals surface area contributed by atoms with Crippen molar-refractivity contribution in [3.05, 3.63) is 77.9 Å². The monoisotopic (exact) mass is 387 g/mol. The Morgan fingerprint density at radius 3 is 2.36 bits per heavy atom. The number of pyridine rings is 1. The Labute approximate surface area is 159 Å². The third kappa shape index (κ3) is 4.61. The Morgan fingerprint density at radius 2 is 1.71 bits per heavy atom. The molecule has 0 fully saturated rings. The lowest BCUT2D eigenvalue weighted by Crippen LogP contribution is -2.26. The van der Waals surface area contributed by atoms with Crippen LogP contribution in [0, 0.1) is 0 Å². The van der Waals surface area contributed by atoms with Crippen LogP contribution in [0.15, 0.2) is 61.1 Å². The molecule has 0 aliphatic heterocycles. The number of amides is 1. The minimum absolute atomic E-state index is 0.108. The molecule has 28 heavy (non-hydrogen) atoms. The van der Waals surface area contributed by atoms with Crippen molar-refractivity contribution in [2.24, 2.45) is 0 Å². The van der Waals surface area contributed by atoms with Crippen LogP contribution in [0.2, 0.25) is 0 Å². The van der Waals surface area contributed by atoms with Gasteiger partial charge in [-0.3, -0.25) is 9.78 Å². The second kappa shape index (κ2) is 8.03. The summed E-state index contributed by atoms with van der Waals surface area (Å²) in [6.07, 6.45) is -0.370. The number of carbonyl (C=O) groups excluding carboxylic acids is 1. The predicted octanol–water partition coefficient (Wildman–Crippen LogP) is 3.78.